The minimum atomic E-state index is -0.443. The summed E-state index contributed by atoms with van der Waals surface area (Å²) in [4.78, 5) is 14.2. The van der Waals surface area contributed by atoms with Crippen molar-refractivity contribution in [2.45, 2.75) is 43.7 Å². The van der Waals surface area contributed by atoms with Crippen LogP contribution in [0.1, 0.15) is 27.7 Å². The molecule has 4 heteroatoms. The molecule has 1 aliphatic rings. The second-order valence-electron chi connectivity index (χ2n) is 4.84. The summed E-state index contributed by atoms with van der Waals surface area (Å²) >= 11 is 1.97. The molecule has 0 aromatic heterocycles. The number of nitrogens with one attached hydrogen (secondary N) is 1. The van der Waals surface area contributed by atoms with E-state index in [1.54, 1.807) is 0 Å². The summed E-state index contributed by atoms with van der Waals surface area (Å²) in [7, 11) is 1.84. The molecule has 1 N–H and O–H groups in total. The monoisotopic (exact) mass is 230 g/mol. The smallest absolute Gasteiger partial charge is 0.242 e. The molecule has 0 radical (unpaired) electrons. The van der Waals surface area contributed by atoms with Crippen LogP contribution in [-0.2, 0) is 4.79 Å². The van der Waals surface area contributed by atoms with E-state index in [0.29, 0.717) is 10.5 Å². The van der Waals surface area contributed by atoms with Gasteiger partial charge >= 0.3 is 0 Å². The summed E-state index contributed by atoms with van der Waals surface area (Å²) in [5.41, 5.74) is -0.443. The van der Waals surface area contributed by atoms with E-state index in [1.807, 2.05) is 37.6 Å². The lowest BCUT2D eigenvalue weighted by Crippen LogP contribution is -2.56. The number of amides is 1. The maximum atomic E-state index is 12.2. The van der Waals surface area contributed by atoms with E-state index in [4.69, 9.17) is 0 Å². The molecule has 0 bridgehead atoms. The molecule has 0 aliphatic carbocycles. The summed E-state index contributed by atoms with van der Waals surface area (Å²) < 4.78 is 0. The first-order chi connectivity index (χ1) is 6.86. The number of thioether (sulfide) groups is 1. The Hall–Kier alpha value is -0.220. The Balaban J connectivity index is 2.67. The number of likely N-dealkylation sites (N-methyl/N-ethyl adjacent to an activating group) is 1. The van der Waals surface area contributed by atoms with Gasteiger partial charge in [0.05, 0.1) is 5.54 Å². The van der Waals surface area contributed by atoms with Gasteiger partial charge in [0.2, 0.25) is 5.91 Å². The quantitative estimate of drug-likeness (QED) is 0.777. The first-order valence-corrected chi connectivity index (χ1v) is 6.45. The lowest BCUT2D eigenvalue weighted by Gasteiger charge is -2.38. The lowest BCUT2D eigenvalue weighted by atomic mass is 10.0. The van der Waals surface area contributed by atoms with E-state index in [2.05, 4.69) is 19.2 Å². The zero-order chi connectivity index (χ0) is 11.6. The Labute approximate surface area is 97.0 Å². The van der Waals surface area contributed by atoms with Crippen molar-refractivity contribution in [1.29, 1.82) is 0 Å². The number of hydrogen-bond donors (Lipinski definition) is 1. The van der Waals surface area contributed by atoms with Crippen molar-refractivity contribution >= 4 is 17.7 Å². The van der Waals surface area contributed by atoms with Crippen molar-refractivity contribution < 1.29 is 4.79 Å². The highest BCUT2D eigenvalue weighted by molar-refractivity contribution is 8.00. The van der Waals surface area contributed by atoms with Crippen molar-refractivity contribution in [2.75, 3.05) is 20.1 Å². The zero-order valence-corrected chi connectivity index (χ0v) is 11.1. The Morgan fingerprint density at radius 2 is 1.80 bits per heavy atom. The van der Waals surface area contributed by atoms with Gasteiger partial charge in [0.25, 0.3) is 0 Å². The van der Waals surface area contributed by atoms with Crippen LogP contribution >= 0.6 is 11.8 Å². The normalized spacial score (nSPS) is 27.9. The maximum absolute atomic E-state index is 12.2. The van der Waals surface area contributed by atoms with E-state index < -0.39 is 5.54 Å². The van der Waals surface area contributed by atoms with Gasteiger partial charge in [-0.05, 0) is 20.9 Å². The summed E-state index contributed by atoms with van der Waals surface area (Å²) in [6, 6.07) is 0. The Morgan fingerprint density at radius 3 is 2.20 bits per heavy atom. The van der Waals surface area contributed by atoms with Crippen LogP contribution in [0.2, 0.25) is 0 Å². The number of nitrogens with zero attached hydrogens (tertiary/aromatic N) is 1. The van der Waals surface area contributed by atoms with Crippen LogP contribution in [0.3, 0.4) is 0 Å². The van der Waals surface area contributed by atoms with Crippen LogP contribution in [0, 0.1) is 0 Å². The molecule has 1 amide bonds. The van der Waals surface area contributed by atoms with Crippen molar-refractivity contribution in [3.8, 4) is 0 Å². The second-order valence-corrected chi connectivity index (χ2v) is 6.72. The van der Waals surface area contributed by atoms with Crippen LogP contribution in [0.25, 0.3) is 0 Å². The SMILES string of the molecule is CNC(C)(C)C(=O)N1CC(C)SC(C)C1. The zero-order valence-electron chi connectivity index (χ0n) is 10.3. The van der Waals surface area contributed by atoms with Crippen LogP contribution in [-0.4, -0.2) is 47.0 Å². The fourth-order valence-electron chi connectivity index (χ4n) is 1.85. The van der Waals surface area contributed by atoms with Crippen LogP contribution in [0.5, 0.6) is 0 Å². The van der Waals surface area contributed by atoms with Crippen molar-refractivity contribution in [1.82, 2.24) is 10.2 Å². The number of hydrogen-bond acceptors (Lipinski definition) is 3. The topological polar surface area (TPSA) is 32.3 Å². The Morgan fingerprint density at radius 1 is 1.33 bits per heavy atom. The Bertz CT molecular complexity index is 233. The molecular weight excluding hydrogens is 208 g/mol. The molecule has 1 saturated heterocycles. The number of rotatable bonds is 2. The predicted molar refractivity (Wildman–Crippen MR) is 66.2 cm³/mol. The molecule has 0 aromatic carbocycles. The van der Waals surface area contributed by atoms with Crippen molar-refractivity contribution in [2.24, 2.45) is 0 Å². The molecule has 15 heavy (non-hydrogen) atoms. The molecule has 0 aromatic rings. The van der Waals surface area contributed by atoms with Gasteiger partial charge in [-0.1, -0.05) is 13.8 Å². The van der Waals surface area contributed by atoms with Gasteiger partial charge in [-0.15, -0.1) is 0 Å². The molecule has 0 saturated carbocycles. The van der Waals surface area contributed by atoms with E-state index in [1.165, 1.54) is 0 Å². The molecule has 1 heterocycles. The highest BCUT2D eigenvalue weighted by atomic mass is 32.2. The van der Waals surface area contributed by atoms with E-state index in [-0.39, 0.29) is 5.91 Å². The molecule has 1 rings (SSSR count). The largest absolute Gasteiger partial charge is 0.339 e. The Kier molecular flexibility index (Phi) is 4.06. The third-order valence-electron chi connectivity index (χ3n) is 2.87. The molecular formula is C11H22N2OS. The first-order valence-electron chi connectivity index (χ1n) is 5.50. The highest BCUT2D eigenvalue weighted by Crippen LogP contribution is 2.26. The predicted octanol–water partition coefficient (Wildman–Crippen LogP) is 1.34. The van der Waals surface area contributed by atoms with Gasteiger partial charge in [0, 0.05) is 23.6 Å². The van der Waals surface area contributed by atoms with Gasteiger partial charge < -0.3 is 10.2 Å². The van der Waals surface area contributed by atoms with Crippen LogP contribution in [0.15, 0.2) is 0 Å². The highest BCUT2D eigenvalue weighted by Gasteiger charge is 2.34. The first kappa shape index (κ1) is 12.8. The maximum Gasteiger partial charge on any atom is 0.242 e. The second kappa shape index (κ2) is 4.74. The molecule has 0 spiro atoms. The molecule has 1 aliphatic heterocycles. The third-order valence-corrected chi connectivity index (χ3v) is 4.09. The average Bonchev–Trinajstić information content (AvgIpc) is 2.15. The minimum absolute atomic E-state index is 0.212. The summed E-state index contributed by atoms with van der Waals surface area (Å²) in [5.74, 6) is 0.212. The van der Waals surface area contributed by atoms with E-state index in [9.17, 15) is 4.79 Å². The van der Waals surface area contributed by atoms with Gasteiger partial charge in [0.1, 0.15) is 0 Å². The number of carbonyl (C=O) groups is 1. The van der Waals surface area contributed by atoms with Crippen molar-refractivity contribution in [3.05, 3.63) is 0 Å². The summed E-state index contributed by atoms with van der Waals surface area (Å²) in [6.07, 6.45) is 0. The van der Waals surface area contributed by atoms with Gasteiger partial charge in [-0.25, -0.2) is 0 Å². The molecule has 3 nitrogen and oxygen atoms in total. The summed E-state index contributed by atoms with van der Waals surface area (Å²) in [6.45, 7) is 10.00. The average molecular weight is 230 g/mol. The fraction of sp³-hybridized carbons (Fsp3) is 0.909. The molecule has 1 fully saturated rings. The molecule has 2 atom stereocenters. The fourth-order valence-corrected chi connectivity index (χ4v) is 3.17. The van der Waals surface area contributed by atoms with E-state index in [0.717, 1.165) is 13.1 Å². The summed E-state index contributed by atoms with van der Waals surface area (Å²) in [5, 5.41) is 4.16. The third kappa shape index (κ3) is 3.11. The molecule has 88 valence electrons. The standard InChI is InChI=1S/C11H22N2OS/c1-8-6-13(7-9(2)15-8)10(14)11(3,4)12-5/h8-9,12H,6-7H2,1-5H3. The minimum Gasteiger partial charge on any atom is -0.339 e. The molecule has 2 unspecified atom stereocenters. The van der Waals surface area contributed by atoms with E-state index >= 15 is 0 Å². The van der Waals surface area contributed by atoms with Gasteiger partial charge in [0.15, 0.2) is 0 Å². The lowest BCUT2D eigenvalue weighted by molar-refractivity contribution is -0.137. The van der Waals surface area contributed by atoms with Gasteiger partial charge in [-0.3, -0.25) is 4.79 Å². The number of carbonyl (C=O) groups excluding carboxylic acids is 1. The van der Waals surface area contributed by atoms with Crippen LogP contribution < -0.4 is 5.32 Å². The van der Waals surface area contributed by atoms with Crippen LogP contribution in [0.4, 0.5) is 0 Å². The van der Waals surface area contributed by atoms with Gasteiger partial charge in [-0.2, -0.15) is 11.8 Å². The van der Waals surface area contributed by atoms with Crippen molar-refractivity contribution in [3.63, 3.8) is 0 Å².